The van der Waals surface area contributed by atoms with Gasteiger partial charge in [-0.3, -0.25) is 9.59 Å². The van der Waals surface area contributed by atoms with Crippen LogP contribution in [0, 0.1) is 0 Å². The second-order valence-corrected chi connectivity index (χ2v) is 4.60. The predicted octanol–water partition coefficient (Wildman–Crippen LogP) is 1.30. The van der Waals surface area contributed by atoms with Gasteiger partial charge in [-0.05, 0) is 18.6 Å². The lowest BCUT2D eigenvalue weighted by Gasteiger charge is -2.30. The number of nitrogens with zero attached hydrogens (tertiary/aromatic N) is 1. The Morgan fingerprint density at radius 3 is 2.78 bits per heavy atom. The third kappa shape index (κ3) is 1.79. The predicted molar refractivity (Wildman–Crippen MR) is 69.5 cm³/mol. The normalized spacial score (nSPS) is 14.6. The van der Waals surface area contributed by atoms with Gasteiger partial charge in [0.1, 0.15) is 0 Å². The molecule has 2 aromatic rings. The van der Waals surface area contributed by atoms with E-state index in [1.165, 1.54) is 0 Å². The van der Waals surface area contributed by atoms with E-state index >= 15 is 0 Å². The molecule has 1 N–H and O–H groups in total. The molecule has 1 aromatic heterocycles. The van der Waals surface area contributed by atoms with Crippen LogP contribution in [-0.2, 0) is 11.2 Å². The number of benzene rings is 1. The quantitative estimate of drug-likeness (QED) is 0.863. The Labute approximate surface area is 104 Å². The van der Waals surface area contributed by atoms with Gasteiger partial charge in [-0.2, -0.15) is 0 Å². The Balaban J connectivity index is 1.94. The van der Waals surface area contributed by atoms with Crippen LogP contribution in [0.15, 0.2) is 35.3 Å². The summed E-state index contributed by atoms with van der Waals surface area (Å²) in [5.41, 5.74) is 1.31. The molecule has 92 valence electrons. The molecular formula is C14H14N2O2. The van der Waals surface area contributed by atoms with Crippen molar-refractivity contribution in [2.24, 2.45) is 0 Å². The maximum atomic E-state index is 12.2. The van der Waals surface area contributed by atoms with Gasteiger partial charge in [-0.1, -0.05) is 12.1 Å². The van der Waals surface area contributed by atoms with Crippen LogP contribution in [0.5, 0.6) is 0 Å². The number of carbonyl (C=O) groups excluding carboxylic acids is 1. The lowest BCUT2D eigenvalue weighted by molar-refractivity contribution is -0.133. The highest BCUT2D eigenvalue weighted by Crippen LogP contribution is 2.10. The average molecular weight is 242 g/mol. The first-order chi connectivity index (χ1) is 8.75. The van der Waals surface area contributed by atoms with Gasteiger partial charge >= 0.3 is 0 Å². The van der Waals surface area contributed by atoms with Crippen molar-refractivity contribution in [2.75, 3.05) is 13.1 Å². The molecule has 4 heteroatoms. The molecule has 1 saturated heterocycles. The smallest absolute Gasteiger partial charge is 0.227 e. The van der Waals surface area contributed by atoms with Crippen LogP contribution in [0.4, 0.5) is 0 Å². The topological polar surface area (TPSA) is 53.2 Å². The number of fused-ring (bicyclic) bond motifs is 1. The van der Waals surface area contributed by atoms with Crippen molar-refractivity contribution in [1.82, 2.24) is 9.88 Å². The molecule has 0 radical (unpaired) electrons. The maximum Gasteiger partial charge on any atom is 0.227 e. The molecule has 1 fully saturated rings. The molecule has 1 aromatic carbocycles. The van der Waals surface area contributed by atoms with Crippen molar-refractivity contribution in [2.45, 2.75) is 12.8 Å². The van der Waals surface area contributed by atoms with E-state index < -0.39 is 0 Å². The molecule has 1 amide bonds. The van der Waals surface area contributed by atoms with Crippen molar-refractivity contribution >= 4 is 16.8 Å². The largest absolute Gasteiger partial charge is 0.361 e. The molecule has 1 aliphatic heterocycles. The van der Waals surface area contributed by atoms with Crippen LogP contribution in [-0.4, -0.2) is 28.9 Å². The Hall–Kier alpha value is -2.10. The van der Waals surface area contributed by atoms with Gasteiger partial charge in [0.2, 0.25) is 5.91 Å². The number of aromatic nitrogens is 1. The Morgan fingerprint density at radius 2 is 2.06 bits per heavy atom. The van der Waals surface area contributed by atoms with Crippen LogP contribution < -0.4 is 5.43 Å². The van der Waals surface area contributed by atoms with Crippen molar-refractivity contribution in [1.29, 1.82) is 0 Å². The summed E-state index contributed by atoms with van der Waals surface area (Å²) in [4.78, 5) is 28.9. The number of H-pyrrole nitrogens is 1. The number of nitrogens with one attached hydrogen (secondary N) is 1. The van der Waals surface area contributed by atoms with E-state index in [1.807, 2.05) is 18.2 Å². The molecule has 0 unspecified atom stereocenters. The summed E-state index contributed by atoms with van der Waals surface area (Å²) in [5.74, 6) is 0.0435. The lowest BCUT2D eigenvalue weighted by atomic mass is 10.1. The summed E-state index contributed by atoms with van der Waals surface area (Å²) in [6.45, 7) is 1.65. The van der Waals surface area contributed by atoms with Crippen molar-refractivity contribution in [3.8, 4) is 0 Å². The highest BCUT2D eigenvalue weighted by Gasteiger charge is 2.21. The van der Waals surface area contributed by atoms with Crippen LogP contribution in [0.1, 0.15) is 12.0 Å². The molecular weight excluding hydrogens is 228 g/mol. The third-order valence-corrected chi connectivity index (χ3v) is 3.42. The van der Waals surface area contributed by atoms with E-state index in [4.69, 9.17) is 0 Å². The van der Waals surface area contributed by atoms with E-state index in [-0.39, 0.29) is 17.8 Å². The summed E-state index contributed by atoms with van der Waals surface area (Å²) < 4.78 is 0. The SMILES string of the molecule is O=C(Cc1c[nH]c2ccccc2c1=O)N1CCC1. The van der Waals surface area contributed by atoms with Gasteiger partial charge in [-0.25, -0.2) is 0 Å². The van der Waals surface area contributed by atoms with Gasteiger partial charge in [-0.15, -0.1) is 0 Å². The number of hydrogen-bond acceptors (Lipinski definition) is 2. The zero-order valence-electron chi connectivity index (χ0n) is 9.98. The number of amides is 1. The molecule has 0 atom stereocenters. The molecule has 1 aliphatic rings. The molecule has 0 aliphatic carbocycles. The number of likely N-dealkylation sites (tertiary alicyclic amines) is 1. The maximum absolute atomic E-state index is 12.2. The summed E-state index contributed by atoms with van der Waals surface area (Å²) in [5, 5.41) is 0.645. The average Bonchev–Trinajstić information content (AvgIpc) is 2.31. The van der Waals surface area contributed by atoms with Crippen LogP contribution >= 0.6 is 0 Å². The van der Waals surface area contributed by atoms with Gasteiger partial charge in [0.15, 0.2) is 5.43 Å². The number of pyridine rings is 1. The number of hydrogen-bond donors (Lipinski definition) is 1. The van der Waals surface area contributed by atoms with E-state index in [9.17, 15) is 9.59 Å². The van der Waals surface area contributed by atoms with E-state index in [2.05, 4.69) is 4.98 Å². The first-order valence-corrected chi connectivity index (χ1v) is 6.13. The molecule has 0 saturated carbocycles. The number of aromatic amines is 1. The minimum Gasteiger partial charge on any atom is -0.361 e. The third-order valence-electron chi connectivity index (χ3n) is 3.42. The zero-order chi connectivity index (χ0) is 12.5. The number of rotatable bonds is 2. The van der Waals surface area contributed by atoms with Gasteiger partial charge in [0.05, 0.1) is 6.42 Å². The van der Waals surface area contributed by atoms with Crippen molar-refractivity contribution in [3.63, 3.8) is 0 Å². The van der Waals surface area contributed by atoms with Gasteiger partial charge in [0, 0.05) is 35.8 Å². The highest BCUT2D eigenvalue weighted by molar-refractivity contribution is 5.82. The fourth-order valence-electron chi connectivity index (χ4n) is 2.18. The van der Waals surface area contributed by atoms with E-state index in [0.717, 1.165) is 25.0 Å². The summed E-state index contributed by atoms with van der Waals surface area (Å²) in [6.07, 6.45) is 2.92. The zero-order valence-corrected chi connectivity index (χ0v) is 9.98. The van der Waals surface area contributed by atoms with Crippen LogP contribution in [0.3, 0.4) is 0 Å². The summed E-state index contributed by atoms with van der Waals surface area (Å²) in [6, 6.07) is 7.35. The molecule has 18 heavy (non-hydrogen) atoms. The number of para-hydroxylation sites is 1. The van der Waals surface area contributed by atoms with Gasteiger partial charge in [0.25, 0.3) is 0 Å². The van der Waals surface area contributed by atoms with Crippen molar-refractivity contribution in [3.05, 3.63) is 46.2 Å². The second kappa shape index (κ2) is 4.29. The standard InChI is InChI=1S/C14H14N2O2/c17-13(16-6-3-7-16)8-10-9-15-12-5-2-1-4-11(12)14(10)18/h1-2,4-5,9H,3,6-8H2,(H,15,18). The molecule has 0 bridgehead atoms. The monoisotopic (exact) mass is 242 g/mol. The fraction of sp³-hybridized carbons (Fsp3) is 0.286. The number of carbonyl (C=O) groups is 1. The minimum absolute atomic E-state index is 0.0433. The molecule has 4 nitrogen and oxygen atoms in total. The first kappa shape index (κ1) is 11.0. The second-order valence-electron chi connectivity index (χ2n) is 4.60. The Morgan fingerprint density at radius 1 is 1.28 bits per heavy atom. The van der Waals surface area contributed by atoms with Gasteiger partial charge < -0.3 is 9.88 Å². The summed E-state index contributed by atoms with van der Waals surface area (Å²) >= 11 is 0. The molecule has 2 heterocycles. The highest BCUT2D eigenvalue weighted by atomic mass is 16.2. The first-order valence-electron chi connectivity index (χ1n) is 6.13. The Bertz CT molecular complexity index is 656. The minimum atomic E-state index is -0.0433. The lowest BCUT2D eigenvalue weighted by Crippen LogP contribution is -2.43. The van der Waals surface area contributed by atoms with Crippen LogP contribution in [0.25, 0.3) is 10.9 Å². The molecule has 3 rings (SSSR count). The van der Waals surface area contributed by atoms with E-state index in [1.54, 1.807) is 17.2 Å². The summed E-state index contributed by atoms with van der Waals surface area (Å²) in [7, 11) is 0. The molecule has 0 spiro atoms. The Kier molecular flexibility index (Phi) is 2.63. The van der Waals surface area contributed by atoms with Crippen molar-refractivity contribution < 1.29 is 4.79 Å². The fourth-order valence-corrected chi connectivity index (χ4v) is 2.18. The van der Waals surface area contributed by atoms with E-state index in [0.29, 0.717) is 10.9 Å². The van der Waals surface area contributed by atoms with Crippen LogP contribution in [0.2, 0.25) is 0 Å².